The van der Waals surface area contributed by atoms with Crippen molar-refractivity contribution in [3.8, 4) is 0 Å². The van der Waals surface area contributed by atoms with Crippen molar-refractivity contribution in [2.45, 2.75) is 39.5 Å². The van der Waals surface area contributed by atoms with E-state index in [0.717, 1.165) is 38.0 Å². The lowest BCUT2D eigenvalue weighted by molar-refractivity contribution is 0.0788. The van der Waals surface area contributed by atoms with Crippen LogP contribution in [0.4, 0.5) is 0 Å². The highest BCUT2D eigenvalue weighted by molar-refractivity contribution is 9.09. The van der Waals surface area contributed by atoms with Crippen molar-refractivity contribution in [2.24, 2.45) is 5.41 Å². The van der Waals surface area contributed by atoms with Crippen LogP contribution in [0, 0.1) is 5.41 Å². The van der Waals surface area contributed by atoms with E-state index in [0.29, 0.717) is 5.41 Å². The van der Waals surface area contributed by atoms with Gasteiger partial charge in [0.15, 0.2) is 0 Å². The minimum atomic E-state index is 0.432. The smallest absolute Gasteiger partial charge is 0.0487 e. The average molecular weight is 281 g/mol. The predicted octanol–water partition coefficient (Wildman–Crippen LogP) is 3.63. The van der Waals surface area contributed by atoms with E-state index in [-0.39, 0.29) is 0 Å². The number of halogens is 1. The second-order valence-corrected chi connectivity index (χ2v) is 4.61. The zero-order valence-corrected chi connectivity index (χ0v) is 11.9. The summed E-state index contributed by atoms with van der Waals surface area (Å²) in [6.07, 6.45) is 4.58. The Hall–Kier alpha value is 0.400. The molecule has 0 N–H and O–H groups in total. The molecule has 0 rings (SSSR count). The Morgan fingerprint density at radius 2 is 1.73 bits per heavy atom. The van der Waals surface area contributed by atoms with Crippen LogP contribution in [0.3, 0.4) is 0 Å². The maximum Gasteiger partial charge on any atom is 0.0487 e. The van der Waals surface area contributed by atoms with Crippen LogP contribution >= 0.6 is 15.9 Å². The second-order valence-electron chi connectivity index (χ2n) is 4.05. The van der Waals surface area contributed by atoms with E-state index in [4.69, 9.17) is 9.47 Å². The largest absolute Gasteiger partial charge is 0.385 e. The minimum absolute atomic E-state index is 0.432. The summed E-state index contributed by atoms with van der Waals surface area (Å²) in [5, 5.41) is 1.08. The molecule has 0 aromatic heterocycles. The second kappa shape index (κ2) is 9.61. The van der Waals surface area contributed by atoms with E-state index in [2.05, 4.69) is 29.8 Å². The Bertz CT molecular complexity index is 127. The zero-order chi connectivity index (χ0) is 11.6. The predicted molar refractivity (Wildman–Crippen MR) is 68.7 cm³/mol. The maximum absolute atomic E-state index is 5.60. The van der Waals surface area contributed by atoms with Crippen LogP contribution in [0.2, 0.25) is 0 Å². The van der Waals surface area contributed by atoms with Crippen molar-refractivity contribution in [2.75, 3.05) is 32.3 Å². The first-order valence-corrected chi connectivity index (χ1v) is 6.99. The lowest BCUT2D eigenvalue weighted by Gasteiger charge is -2.29. The number of alkyl halides is 1. The van der Waals surface area contributed by atoms with Crippen molar-refractivity contribution < 1.29 is 9.47 Å². The molecule has 15 heavy (non-hydrogen) atoms. The van der Waals surface area contributed by atoms with Crippen molar-refractivity contribution >= 4 is 15.9 Å². The standard InChI is InChI=1S/C12H25BrO2/c1-4-12(5-2,11-13)7-10-15-9-6-8-14-3/h4-11H2,1-3H3. The summed E-state index contributed by atoms with van der Waals surface area (Å²) in [4.78, 5) is 0. The Labute approximate surface area is 103 Å². The summed E-state index contributed by atoms with van der Waals surface area (Å²) in [7, 11) is 1.73. The van der Waals surface area contributed by atoms with Gasteiger partial charge >= 0.3 is 0 Å². The molecule has 0 amide bonds. The Morgan fingerprint density at radius 3 is 2.20 bits per heavy atom. The van der Waals surface area contributed by atoms with Gasteiger partial charge in [-0.15, -0.1) is 0 Å². The van der Waals surface area contributed by atoms with Gasteiger partial charge in [0, 0.05) is 32.3 Å². The molecular formula is C12H25BrO2. The topological polar surface area (TPSA) is 18.5 Å². The van der Waals surface area contributed by atoms with Gasteiger partial charge in [-0.1, -0.05) is 29.8 Å². The number of hydrogen-bond acceptors (Lipinski definition) is 2. The molecule has 0 radical (unpaired) electrons. The van der Waals surface area contributed by atoms with Gasteiger partial charge < -0.3 is 9.47 Å². The molecule has 2 nitrogen and oxygen atoms in total. The summed E-state index contributed by atoms with van der Waals surface area (Å²) < 4.78 is 10.6. The summed E-state index contributed by atoms with van der Waals surface area (Å²) in [6.45, 7) is 7.01. The fourth-order valence-electron chi connectivity index (χ4n) is 1.56. The lowest BCUT2D eigenvalue weighted by atomic mass is 9.82. The van der Waals surface area contributed by atoms with Crippen LogP contribution in [0.15, 0.2) is 0 Å². The molecule has 0 spiro atoms. The van der Waals surface area contributed by atoms with E-state index in [1.54, 1.807) is 7.11 Å². The van der Waals surface area contributed by atoms with Crippen molar-refractivity contribution in [1.82, 2.24) is 0 Å². The molecule has 3 heteroatoms. The fraction of sp³-hybridized carbons (Fsp3) is 1.00. The number of rotatable bonds is 10. The van der Waals surface area contributed by atoms with E-state index >= 15 is 0 Å². The van der Waals surface area contributed by atoms with Crippen LogP contribution < -0.4 is 0 Å². The van der Waals surface area contributed by atoms with Gasteiger partial charge in [-0.2, -0.15) is 0 Å². The molecule has 0 saturated heterocycles. The van der Waals surface area contributed by atoms with Crippen molar-refractivity contribution in [1.29, 1.82) is 0 Å². The van der Waals surface area contributed by atoms with Crippen molar-refractivity contribution in [3.63, 3.8) is 0 Å². The molecule has 92 valence electrons. The van der Waals surface area contributed by atoms with Gasteiger partial charge in [0.2, 0.25) is 0 Å². The Morgan fingerprint density at radius 1 is 1.07 bits per heavy atom. The molecule has 0 saturated carbocycles. The molecule has 0 aromatic rings. The quantitative estimate of drug-likeness (QED) is 0.449. The number of ether oxygens (including phenoxy) is 2. The van der Waals surface area contributed by atoms with Gasteiger partial charge in [-0.25, -0.2) is 0 Å². The van der Waals surface area contributed by atoms with E-state index in [9.17, 15) is 0 Å². The molecule has 0 aliphatic carbocycles. The molecule has 0 aromatic carbocycles. The molecule has 0 fully saturated rings. The zero-order valence-electron chi connectivity index (χ0n) is 10.4. The first kappa shape index (κ1) is 15.4. The number of methoxy groups -OCH3 is 1. The highest BCUT2D eigenvalue weighted by Gasteiger charge is 2.23. The fourth-order valence-corrected chi connectivity index (χ4v) is 2.63. The summed E-state index contributed by atoms with van der Waals surface area (Å²) in [5.74, 6) is 0. The molecule has 0 aliphatic heterocycles. The highest BCUT2D eigenvalue weighted by Crippen LogP contribution is 2.32. The first-order chi connectivity index (χ1) is 7.24. The van der Waals surface area contributed by atoms with E-state index in [1.807, 2.05) is 0 Å². The lowest BCUT2D eigenvalue weighted by Crippen LogP contribution is -2.23. The van der Waals surface area contributed by atoms with Gasteiger partial charge in [-0.3, -0.25) is 0 Å². The van der Waals surface area contributed by atoms with Crippen LogP contribution in [0.5, 0.6) is 0 Å². The highest BCUT2D eigenvalue weighted by atomic mass is 79.9. The van der Waals surface area contributed by atoms with Crippen LogP contribution in [0.1, 0.15) is 39.5 Å². The molecule has 0 aliphatic rings. The summed E-state index contributed by atoms with van der Waals surface area (Å²) in [5.41, 5.74) is 0.432. The van der Waals surface area contributed by atoms with E-state index in [1.165, 1.54) is 12.8 Å². The Kier molecular flexibility index (Phi) is 9.87. The van der Waals surface area contributed by atoms with Gasteiger partial charge in [0.1, 0.15) is 0 Å². The molecule has 0 heterocycles. The van der Waals surface area contributed by atoms with Gasteiger partial charge in [-0.05, 0) is 31.1 Å². The molecule has 0 atom stereocenters. The third-order valence-electron chi connectivity index (χ3n) is 3.20. The molecule has 0 unspecified atom stereocenters. The van der Waals surface area contributed by atoms with Crippen LogP contribution in [-0.4, -0.2) is 32.3 Å². The monoisotopic (exact) mass is 280 g/mol. The maximum atomic E-state index is 5.60. The van der Waals surface area contributed by atoms with Crippen LogP contribution in [0.25, 0.3) is 0 Å². The number of hydrogen-bond donors (Lipinski definition) is 0. The third kappa shape index (κ3) is 6.54. The van der Waals surface area contributed by atoms with Crippen molar-refractivity contribution in [3.05, 3.63) is 0 Å². The molecular weight excluding hydrogens is 256 g/mol. The van der Waals surface area contributed by atoms with Gasteiger partial charge in [0.25, 0.3) is 0 Å². The normalized spacial score (nSPS) is 12.0. The minimum Gasteiger partial charge on any atom is -0.385 e. The first-order valence-electron chi connectivity index (χ1n) is 5.87. The average Bonchev–Trinajstić information content (AvgIpc) is 2.29. The summed E-state index contributed by atoms with van der Waals surface area (Å²) >= 11 is 3.61. The van der Waals surface area contributed by atoms with Gasteiger partial charge in [0.05, 0.1) is 0 Å². The SMILES string of the molecule is CCC(CC)(CBr)CCOCCCOC. The third-order valence-corrected chi connectivity index (χ3v) is 4.39. The van der Waals surface area contributed by atoms with E-state index < -0.39 is 0 Å². The van der Waals surface area contributed by atoms with Crippen LogP contribution in [-0.2, 0) is 9.47 Å². The molecule has 0 bridgehead atoms. The summed E-state index contributed by atoms with van der Waals surface area (Å²) in [6, 6.07) is 0. The Balaban J connectivity index is 3.54.